The average Bonchev–Trinajstić information content (AvgIpc) is 2.97. The molecule has 0 radical (unpaired) electrons. The number of nitrogens with one attached hydrogen (secondary N) is 2. The first-order valence-electron chi connectivity index (χ1n) is 8.77. The Hall–Kier alpha value is -3.63. The van der Waals surface area contributed by atoms with Gasteiger partial charge in [0.05, 0.1) is 17.8 Å². The molecule has 3 rings (SSSR count). The molecular formula is C19H17F4N5O2. The summed E-state index contributed by atoms with van der Waals surface area (Å²) in [5, 5.41) is 8.69. The number of halogens is 4. The van der Waals surface area contributed by atoms with E-state index in [9.17, 15) is 27.2 Å². The van der Waals surface area contributed by atoms with Crippen LogP contribution >= 0.6 is 0 Å². The summed E-state index contributed by atoms with van der Waals surface area (Å²) < 4.78 is 54.4. The number of hydrogen-bond acceptors (Lipinski definition) is 3. The van der Waals surface area contributed by atoms with Gasteiger partial charge >= 0.3 is 17.9 Å². The second kappa shape index (κ2) is 8.39. The minimum atomic E-state index is -4.61. The summed E-state index contributed by atoms with van der Waals surface area (Å²) in [6.45, 7) is -0.0675. The molecule has 0 atom stereocenters. The van der Waals surface area contributed by atoms with Crippen molar-refractivity contribution < 1.29 is 22.4 Å². The van der Waals surface area contributed by atoms with Gasteiger partial charge in [0.25, 0.3) is 0 Å². The van der Waals surface area contributed by atoms with Crippen molar-refractivity contribution in [2.75, 3.05) is 11.9 Å². The van der Waals surface area contributed by atoms with Gasteiger partial charge in [-0.25, -0.2) is 18.7 Å². The van der Waals surface area contributed by atoms with Crippen LogP contribution in [0.3, 0.4) is 0 Å². The van der Waals surface area contributed by atoms with E-state index in [1.807, 2.05) is 0 Å². The van der Waals surface area contributed by atoms with Crippen LogP contribution in [0.15, 0.2) is 53.3 Å². The first-order valence-corrected chi connectivity index (χ1v) is 8.77. The molecule has 30 heavy (non-hydrogen) atoms. The summed E-state index contributed by atoms with van der Waals surface area (Å²) in [6, 6.07) is 9.17. The lowest BCUT2D eigenvalue weighted by Gasteiger charge is -2.13. The number of hydrogen-bond donors (Lipinski definition) is 2. The summed E-state index contributed by atoms with van der Waals surface area (Å²) >= 11 is 0. The van der Waals surface area contributed by atoms with Gasteiger partial charge < -0.3 is 10.6 Å². The molecule has 158 valence electrons. The highest BCUT2D eigenvalue weighted by atomic mass is 19.4. The maximum atomic E-state index is 13.1. The smallest absolute Gasteiger partial charge is 0.336 e. The van der Waals surface area contributed by atoms with E-state index in [1.54, 1.807) is 0 Å². The van der Waals surface area contributed by atoms with Gasteiger partial charge in [-0.2, -0.15) is 13.2 Å². The number of rotatable bonds is 5. The van der Waals surface area contributed by atoms with Crippen LogP contribution < -0.4 is 16.3 Å². The minimum absolute atomic E-state index is 0.0117. The second-order valence-corrected chi connectivity index (χ2v) is 6.32. The fourth-order valence-electron chi connectivity index (χ4n) is 2.77. The van der Waals surface area contributed by atoms with Gasteiger partial charge in [-0.3, -0.25) is 4.57 Å². The van der Waals surface area contributed by atoms with Crippen molar-refractivity contribution in [2.45, 2.75) is 12.7 Å². The van der Waals surface area contributed by atoms with Crippen LogP contribution in [0, 0.1) is 5.82 Å². The van der Waals surface area contributed by atoms with Crippen LogP contribution in [0.2, 0.25) is 0 Å². The zero-order valence-electron chi connectivity index (χ0n) is 15.7. The highest BCUT2D eigenvalue weighted by Gasteiger charge is 2.33. The van der Waals surface area contributed by atoms with E-state index in [2.05, 4.69) is 15.7 Å². The van der Waals surface area contributed by atoms with Crippen molar-refractivity contribution in [3.63, 3.8) is 0 Å². The Morgan fingerprint density at radius 2 is 1.77 bits per heavy atom. The average molecular weight is 423 g/mol. The molecule has 0 saturated heterocycles. The fourth-order valence-corrected chi connectivity index (χ4v) is 2.77. The fraction of sp³-hybridized carbons (Fsp3) is 0.211. The third-order valence-electron chi connectivity index (χ3n) is 4.23. The summed E-state index contributed by atoms with van der Waals surface area (Å²) in [5.74, 6) is -0.117. The number of nitrogens with zero attached hydrogens (tertiary/aromatic N) is 3. The molecule has 0 unspecified atom stereocenters. The third kappa shape index (κ3) is 4.67. The summed E-state index contributed by atoms with van der Waals surface area (Å²) in [7, 11) is 1.50. The molecule has 0 bridgehead atoms. The summed E-state index contributed by atoms with van der Waals surface area (Å²) in [4.78, 5) is 24.2. The molecule has 11 heteroatoms. The first-order chi connectivity index (χ1) is 14.2. The predicted molar refractivity (Wildman–Crippen MR) is 101 cm³/mol. The molecule has 0 aliphatic rings. The number of carbonyl (C=O) groups is 1. The molecular weight excluding hydrogens is 406 g/mol. The van der Waals surface area contributed by atoms with Crippen molar-refractivity contribution in [3.05, 3.63) is 70.4 Å². The van der Waals surface area contributed by atoms with Gasteiger partial charge in [0.1, 0.15) is 5.82 Å². The van der Waals surface area contributed by atoms with Crippen LogP contribution in [0.4, 0.5) is 28.0 Å². The molecule has 1 heterocycles. The van der Waals surface area contributed by atoms with Crippen LogP contribution in [0.5, 0.6) is 0 Å². The number of urea groups is 1. The number of amides is 2. The Labute approximate surface area is 167 Å². The topological polar surface area (TPSA) is 81.0 Å². The molecule has 2 aromatic carbocycles. The number of para-hydroxylation sites is 1. The van der Waals surface area contributed by atoms with Crippen molar-refractivity contribution in [1.29, 1.82) is 0 Å². The van der Waals surface area contributed by atoms with E-state index in [0.717, 1.165) is 16.8 Å². The lowest BCUT2D eigenvalue weighted by Crippen LogP contribution is -2.34. The van der Waals surface area contributed by atoms with E-state index in [1.165, 1.54) is 48.0 Å². The van der Waals surface area contributed by atoms with Gasteiger partial charge in [-0.05, 0) is 36.4 Å². The van der Waals surface area contributed by atoms with Crippen LogP contribution in [-0.4, -0.2) is 26.9 Å². The van der Waals surface area contributed by atoms with Gasteiger partial charge in [-0.15, -0.1) is 5.10 Å². The van der Waals surface area contributed by atoms with Crippen molar-refractivity contribution in [3.8, 4) is 11.4 Å². The summed E-state index contributed by atoms with van der Waals surface area (Å²) in [6.07, 6.45) is -4.61. The van der Waals surface area contributed by atoms with Gasteiger partial charge in [0.2, 0.25) is 0 Å². The number of benzene rings is 2. The second-order valence-electron chi connectivity index (χ2n) is 6.32. The molecule has 0 saturated carbocycles. The van der Waals surface area contributed by atoms with E-state index in [-0.39, 0.29) is 18.8 Å². The lowest BCUT2D eigenvalue weighted by atomic mass is 10.1. The molecule has 2 N–H and O–H groups in total. The maximum absolute atomic E-state index is 13.1. The van der Waals surface area contributed by atoms with Crippen molar-refractivity contribution in [1.82, 2.24) is 19.7 Å². The number of anilines is 1. The highest BCUT2D eigenvalue weighted by molar-refractivity contribution is 5.90. The van der Waals surface area contributed by atoms with E-state index in [4.69, 9.17) is 0 Å². The standard InChI is InChI=1S/C19H17F4N5O2/c1-27-16(12-6-8-13(20)9-7-12)26-28(18(27)30)11-10-24-17(29)25-15-5-3-2-4-14(15)19(21,22)23/h2-9H,10-11H2,1H3,(H2,24,25,29). The maximum Gasteiger partial charge on any atom is 0.418 e. The lowest BCUT2D eigenvalue weighted by molar-refractivity contribution is -0.136. The summed E-state index contributed by atoms with van der Waals surface area (Å²) in [5.41, 5.74) is -1.27. The van der Waals surface area contributed by atoms with Crippen LogP contribution in [0.1, 0.15) is 5.56 Å². The van der Waals surface area contributed by atoms with Gasteiger partial charge in [0, 0.05) is 19.2 Å². The third-order valence-corrected chi connectivity index (χ3v) is 4.23. The zero-order chi connectivity index (χ0) is 21.9. The van der Waals surface area contributed by atoms with E-state index >= 15 is 0 Å². The molecule has 1 aromatic heterocycles. The quantitative estimate of drug-likeness (QED) is 0.619. The first kappa shape index (κ1) is 21.1. The van der Waals surface area contributed by atoms with Gasteiger partial charge in [-0.1, -0.05) is 12.1 Å². The Morgan fingerprint density at radius 1 is 1.10 bits per heavy atom. The Bertz CT molecular complexity index is 1100. The van der Waals surface area contributed by atoms with Crippen molar-refractivity contribution >= 4 is 11.7 Å². The Balaban J connectivity index is 1.64. The monoisotopic (exact) mass is 423 g/mol. The number of aromatic nitrogens is 3. The highest BCUT2D eigenvalue weighted by Crippen LogP contribution is 2.34. The Morgan fingerprint density at radius 3 is 2.43 bits per heavy atom. The van der Waals surface area contributed by atoms with E-state index < -0.39 is 29.3 Å². The van der Waals surface area contributed by atoms with E-state index in [0.29, 0.717) is 11.4 Å². The molecule has 2 amide bonds. The molecule has 0 aliphatic carbocycles. The SMILES string of the molecule is Cn1c(-c2ccc(F)cc2)nn(CCNC(=O)Nc2ccccc2C(F)(F)F)c1=O. The molecule has 7 nitrogen and oxygen atoms in total. The molecule has 0 fully saturated rings. The largest absolute Gasteiger partial charge is 0.418 e. The minimum Gasteiger partial charge on any atom is -0.336 e. The van der Waals surface area contributed by atoms with Crippen LogP contribution in [0.25, 0.3) is 11.4 Å². The predicted octanol–water partition coefficient (Wildman–Crippen LogP) is 3.23. The molecule has 0 spiro atoms. The Kier molecular flexibility index (Phi) is 5.90. The zero-order valence-corrected chi connectivity index (χ0v) is 15.7. The number of alkyl halides is 3. The van der Waals surface area contributed by atoms with Gasteiger partial charge in [0.15, 0.2) is 5.82 Å². The van der Waals surface area contributed by atoms with Crippen LogP contribution in [-0.2, 0) is 19.8 Å². The molecule has 0 aliphatic heterocycles. The molecule has 3 aromatic rings. The normalized spacial score (nSPS) is 11.4. The van der Waals surface area contributed by atoms with Crippen molar-refractivity contribution in [2.24, 2.45) is 7.05 Å². The number of carbonyl (C=O) groups excluding carboxylic acids is 1.